The molecule has 4 N–H and O–H groups in total. The van der Waals surface area contributed by atoms with Crippen LogP contribution in [0.25, 0.3) is 0 Å². The minimum Gasteiger partial charge on any atom is -0.396 e. The Hall–Kier alpha value is -0.650. The highest BCUT2D eigenvalue weighted by molar-refractivity contribution is 5.86. The first-order valence-electron chi connectivity index (χ1n) is 6.15. The zero-order valence-electron chi connectivity index (χ0n) is 10.8. The minimum absolute atomic E-state index is 0.105. The van der Waals surface area contributed by atoms with Crippen LogP contribution in [0.1, 0.15) is 33.1 Å². The van der Waals surface area contributed by atoms with Crippen molar-refractivity contribution in [2.45, 2.75) is 38.6 Å². The van der Waals surface area contributed by atoms with Crippen molar-refractivity contribution >= 4 is 5.91 Å². The third kappa shape index (κ3) is 4.26. The minimum atomic E-state index is -0.784. The summed E-state index contributed by atoms with van der Waals surface area (Å²) in [6, 6.07) is 0. The molecule has 0 unspecified atom stereocenters. The predicted octanol–water partition coefficient (Wildman–Crippen LogP) is 0.0191. The molecule has 0 radical (unpaired) electrons. The van der Waals surface area contributed by atoms with E-state index in [-0.39, 0.29) is 17.9 Å². The number of carbonyl (C=O) groups excluding carboxylic acids is 1. The second-order valence-electron chi connectivity index (χ2n) is 5.59. The maximum Gasteiger partial charge on any atom is 0.240 e. The smallest absolute Gasteiger partial charge is 0.240 e. The van der Waals surface area contributed by atoms with E-state index in [0.717, 1.165) is 0 Å². The van der Waals surface area contributed by atoms with E-state index in [1.807, 2.05) is 13.8 Å². The number of nitrogens with two attached hydrogens (primary N) is 1. The topological polar surface area (TPSA) is 84.6 Å². The van der Waals surface area contributed by atoms with Crippen LogP contribution < -0.4 is 11.1 Å². The van der Waals surface area contributed by atoms with Gasteiger partial charge >= 0.3 is 0 Å². The number of carbonyl (C=O) groups is 1. The molecule has 1 aliphatic heterocycles. The van der Waals surface area contributed by atoms with E-state index in [9.17, 15) is 4.79 Å². The van der Waals surface area contributed by atoms with Gasteiger partial charge < -0.3 is 20.9 Å². The largest absolute Gasteiger partial charge is 0.396 e. The highest BCUT2D eigenvalue weighted by Gasteiger charge is 2.36. The lowest BCUT2D eigenvalue weighted by molar-refractivity contribution is -0.130. The summed E-state index contributed by atoms with van der Waals surface area (Å²) in [5, 5.41) is 11.8. The van der Waals surface area contributed by atoms with Gasteiger partial charge in [0.2, 0.25) is 5.91 Å². The number of amides is 1. The maximum absolute atomic E-state index is 12.0. The van der Waals surface area contributed by atoms with Crippen molar-refractivity contribution in [3.63, 3.8) is 0 Å². The van der Waals surface area contributed by atoms with Crippen LogP contribution in [-0.4, -0.2) is 42.9 Å². The van der Waals surface area contributed by atoms with E-state index < -0.39 is 5.54 Å². The van der Waals surface area contributed by atoms with E-state index in [2.05, 4.69) is 5.32 Å². The summed E-state index contributed by atoms with van der Waals surface area (Å²) in [5.41, 5.74) is 5.18. The number of hydrogen-bond acceptors (Lipinski definition) is 4. The molecule has 0 atom stereocenters. The Bertz CT molecular complexity index is 260. The van der Waals surface area contributed by atoms with Gasteiger partial charge in [0.25, 0.3) is 0 Å². The second kappa shape index (κ2) is 5.80. The Morgan fingerprint density at radius 1 is 1.47 bits per heavy atom. The van der Waals surface area contributed by atoms with Crippen molar-refractivity contribution in [1.29, 1.82) is 0 Å². The van der Waals surface area contributed by atoms with Crippen molar-refractivity contribution in [3.05, 3.63) is 0 Å². The Kier molecular flexibility index (Phi) is 4.91. The summed E-state index contributed by atoms with van der Waals surface area (Å²) in [6.45, 7) is 5.78. The molecule has 1 heterocycles. The number of ether oxygens (including phenoxy) is 1. The fourth-order valence-corrected chi connectivity index (χ4v) is 1.85. The first kappa shape index (κ1) is 14.4. The highest BCUT2D eigenvalue weighted by atomic mass is 16.5. The van der Waals surface area contributed by atoms with Gasteiger partial charge in [-0.3, -0.25) is 4.79 Å². The van der Waals surface area contributed by atoms with Gasteiger partial charge in [0.15, 0.2) is 0 Å². The average molecular weight is 244 g/mol. The number of aliphatic hydroxyl groups excluding tert-OH is 1. The Balaban J connectivity index is 2.43. The van der Waals surface area contributed by atoms with Gasteiger partial charge in [0.1, 0.15) is 0 Å². The molecular weight excluding hydrogens is 220 g/mol. The molecule has 0 aliphatic carbocycles. The molecule has 0 spiro atoms. The molecule has 0 saturated carbocycles. The SMILES string of the molecule is CC(C)(CCO)CNC(=O)C1(N)CCOCC1. The molecule has 0 aromatic carbocycles. The fraction of sp³-hybridized carbons (Fsp3) is 0.917. The molecule has 0 aromatic heterocycles. The van der Waals surface area contributed by atoms with Gasteiger partial charge in [-0.2, -0.15) is 0 Å². The molecule has 17 heavy (non-hydrogen) atoms. The number of hydrogen-bond donors (Lipinski definition) is 3. The molecular formula is C12H24N2O3. The van der Waals surface area contributed by atoms with Crippen molar-refractivity contribution in [2.75, 3.05) is 26.4 Å². The summed E-state index contributed by atoms with van der Waals surface area (Å²) in [7, 11) is 0. The second-order valence-corrected chi connectivity index (χ2v) is 5.59. The van der Waals surface area contributed by atoms with Crippen LogP contribution in [0, 0.1) is 5.41 Å². The summed E-state index contributed by atoms with van der Waals surface area (Å²) >= 11 is 0. The van der Waals surface area contributed by atoms with Crippen LogP contribution in [0.3, 0.4) is 0 Å². The van der Waals surface area contributed by atoms with Crippen molar-refractivity contribution in [1.82, 2.24) is 5.32 Å². The van der Waals surface area contributed by atoms with E-state index in [1.54, 1.807) is 0 Å². The fourth-order valence-electron chi connectivity index (χ4n) is 1.85. The van der Waals surface area contributed by atoms with Crippen LogP contribution in [0.5, 0.6) is 0 Å². The third-order valence-electron chi connectivity index (χ3n) is 3.35. The molecule has 1 fully saturated rings. The third-order valence-corrected chi connectivity index (χ3v) is 3.35. The molecule has 1 aliphatic rings. The zero-order valence-corrected chi connectivity index (χ0v) is 10.8. The molecule has 5 heteroatoms. The van der Waals surface area contributed by atoms with Crippen molar-refractivity contribution < 1.29 is 14.6 Å². The standard InChI is InChI=1S/C12H24N2O3/c1-11(2,3-6-15)9-14-10(16)12(13)4-7-17-8-5-12/h15H,3-9,13H2,1-2H3,(H,14,16). The molecule has 100 valence electrons. The summed E-state index contributed by atoms with van der Waals surface area (Å²) < 4.78 is 5.21. The number of aliphatic hydroxyl groups is 1. The van der Waals surface area contributed by atoms with Gasteiger partial charge in [0.05, 0.1) is 5.54 Å². The molecule has 0 aromatic rings. The van der Waals surface area contributed by atoms with Gasteiger partial charge in [-0.05, 0) is 24.7 Å². The van der Waals surface area contributed by atoms with Gasteiger partial charge in [-0.15, -0.1) is 0 Å². The Morgan fingerprint density at radius 3 is 2.59 bits per heavy atom. The van der Waals surface area contributed by atoms with E-state index in [1.165, 1.54) is 0 Å². The lowest BCUT2D eigenvalue weighted by Gasteiger charge is -2.33. The highest BCUT2D eigenvalue weighted by Crippen LogP contribution is 2.21. The summed E-state index contributed by atoms with van der Waals surface area (Å²) in [6.07, 6.45) is 1.80. The molecule has 0 bridgehead atoms. The lowest BCUT2D eigenvalue weighted by atomic mass is 9.87. The van der Waals surface area contributed by atoms with Gasteiger partial charge in [0, 0.05) is 26.4 Å². The first-order chi connectivity index (χ1) is 7.90. The lowest BCUT2D eigenvalue weighted by Crippen LogP contribution is -2.57. The number of rotatable bonds is 5. The maximum atomic E-state index is 12.0. The van der Waals surface area contributed by atoms with Crippen molar-refractivity contribution in [2.24, 2.45) is 11.1 Å². The molecule has 1 amide bonds. The van der Waals surface area contributed by atoms with E-state index in [4.69, 9.17) is 15.6 Å². The van der Waals surface area contributed by atoms with E-state index >= 15 is 0 Å². The van der Waals surface area contributed by atoms with Crippen LogP contribution in [0.4, 0.5) is 0 Å². The average Bonchev–Trinajstić information content (AvgIpc) is 2.27. The van der Waals surface area contributed by atoms with Crippen molar-refractivity contribution in [3.8, 4) is 0 Å². The summed E-state index contributed by atoms with van der Waals surface area (Å²) in [4.78, 5) is 12.0. The Labute approximate surface area is 103 Å². The van der Waals surface area contributed by atoms with Gasteiger partial charge in [-0.1, -0.05) is 13.8 Å². The molecule has 1 saturated heterocycles. The zero-order chi connectivity index (χ0) is 12.9. The quantitative estimate of drug-likeness (QED) is 0.636. The molecule has 5 nitrogen and oxygen atoms in total. The monoisotopic (exact) mass is 244 g/mol. The van der Waals surface area contributed by atoms with Crippen LogP contribution in [-0.2, 0) is 9.53 Å². The Morgan fingerprint density at radius 2 is 2.06 bits per heavy atom. The van der Waals surface area contributed by atoms with Gasteiger partial charge in [-0.25, -0.2) is 0 Å². The predicted molar refractivity (Wildman–Crippen MR) is 65.5 cm³/mol. The first-order valence-corrected chi connectivity index (χ1v) is 6.15. The number of nitrogens with one attached hydrogen (secondary N) is 1. The summed E-state index contributed by atoms with van der Waals surface area (Å²) in [5.74, 6) is -0.105. The normalized spacial score (nSPS) is 20.0. The van der Waals surface area contributed by atoms with E-state index in [0.29, 0.717) is 39.0 Å². The van der Waals surface area contributed by atoms with Crippen LogP contribution >= 0.6 is 0 Å². The molecule has 1 rings (SSSR count). The van der Waals surface area contributed by atoms with Crippen LogP contribution in [0.15, 0.2) is 0 Å². The van der Waals surface area contributed by atoms with Crippen LogP contribution in [0.2, 0.25) is 0 Å².